The number of rotatable bonds is 4. The number of hydrogen-bond acceptors (Lipinski definition) is 2. The van der Waals surface area contributed by atoms with Gasteiger partial charge in [0.05, 0.1) is 10.7 Å². The van der Waals surface area contributed by atoms with E-state index in [0.29, 0.717) is 17.3 Å². The van der Waals surface area contributed by atoms with Gasteiger partial charge in [-0.05, 0) is 19.1 Å². The Kier molecular flexibility index (Phi) is 3.77. The molecule has 0 bridgehead atoms. The highest BCUT2D eigenvalue weighted by Crippen LogP contribution is 2.27. The summed E-state index contributed by atoms with van der Waals surface area (Å²) in [5.74, 6) is 0. The fraction of sp³-hybridized carbons (Fsp3) is 0.200. The van der Waals surface area contributed by atoms with Crippen LogP contribution in [0, 0.1) is 0 Å². The Bertz CT molecular complexity index is 456. The van der Waals surface area contributed by atoms with Crippen LogP contribution in [0.3, 0.4) is 0 Å². The van der Waals surface area contributed by atoms with Gasteiger partial charge in [0.25, 0.3) is 10.0 Å². The van der Waals surface area contributed by atoms with Crippen molar-refractivity contribution in [3.8, 4) is 0 Å². The third kappa shape index (κ3) is 2.52. The number of nitrogens with zero attached hydrogens (tertiary/aromatic N) is 1. The van der Waals surface area contributed by atoms with Crippen molar-refractivity contribution in [2.45, 2.75) is 6.92 Å². The van der Waals surface area contributed by atoms with Crippen LogP contribution in [0.4, 0.5) is 5.69 Å². The van der Waals surface area contributed by atoms with Gasteiger partial charge in [-0.1, -0.05) is 30.3 Å². The molecule has 5 heteroatoms. The molecule has 0 unspecified atom stereocenters. The Morgan fingerprint density at radius 3 is 2.53 bits per heavy atom. The molecule has 0 radical (unpaired) electrons. The third-order valence-electron chi connectivity index (χ3n) is 1.93. The van der Waals surface area contributed by atoms with Gasteiger partial charge in [0.2, 0.25) is 0 Å². The number of halogens is 1. The van der Waals surface area contributed by atoms with Gasteiger partial charge >= 0.3 is 0 Å². The zero-order chi connectivity index (χ0) is 11.5. The summed E-state index contributed by atoms with van der Waals surface area (Å²) in [6.07, 6.45) is 0. The lowest BCUT2D eigenvalue weighted by molar-refractivity contribution is 0.600. The summed E-state index contributed by atoms with van der Waals surface area (Å²) < 4.78 is 24.5. The maximum atomic E-state index is 11.6. The van der Waals surface area contributed by atoms with Crippen molar-refractivity contribution in [2.24, 2.45) is 0 Å². The topological polar surface area (TPSA) is 37.4 Å². The lowest BCUT2D eigenvalue weighted by Crippen LogP contribution is -2.28. The van der Waals surface area contributed by atoms with E-state index in [-0.39, 0.29) is 0 Å². The van der Waals surface area contributed by atoms with Gasteiger partial charge < -0.3 is 0 Å². The molecule has 1 rings (SSSR count). The molecule has 0 aliphatic heterocycles. The Hall–Kier alpha value is -1.00. The molecule has 0 fully saturated rings. The second-order valence-corrected chi connectivity index (χ2v) is 5.04. The number of sulfonamides is 1. The first-order valence-corrected chi connectivity index (χ1v) is 6.30. The third-order valence-corrected chi connectivity index (χ3v) is 3.74. The minimum atomic E-state index is -3.47. The van der Waals surface area contributed by atoms with Crippen LogP contribution in [0.2, 0.25) is 5.02 Å². The molecule has 0 N–H and O–H groups in total. The lowest BCUT2D eigenvalue weighted by atomic mass is 10.3. The summed E-state index contributed by atoms with van der Waals surface area (Å²) >= 11 is 5.92. The minimum Gasteiger partial charge on any atom is -0.266 e. The summed E-state index contributed by atoms with van der Waals surface area (Å²) in [5, 5.41) is 1.32. The molecule has 0 spiro atoms. The molecule has 0 aliphatic carbocycles. The highest BCUT2D eigenvalue weighted by atomic mass is 35.5. The molecule has 0 aromatic heterocycles. The highest BCUT2D eigenvalue weighted by molar-refractivity contribution is 7.95. The molecule has 1 aromatic rings. The SMILES string of the molecule is C=CS(=O)(=O)N(CC)c1ccccc1Cl. The van der Waals surface area contributed by atoms with Gasteiger partial charge in [0, 0.05) is 12.0 Å². The van der Waals surface area contributed by atoms with Crippen LogP contribution in [0.25, 0.3) is 0 Å². The highest BCUT2D eigenvalue weighted by Gasteiger charge is 2.18. The summed E-state index contributed by atoms with van der Waals surface area (Å²) in [4.78, 5) is 0. The smallest absolute Gasteiger partial charge is 0.256 e. The first kappa shape index (κ1) is 12.1. The normalized spacial score (nSPS) is 11.1. The van der Waals surface area contributed by atoms with Crippen molar-refractivity contribution >= 4 is 27.3 Å². The van der Waals surface area contributed by atoms with Gasteiger partial charge in [-0.3, -0.25) is 4.31 Å². The summed E-state index contributed by atoms with van der Waals surface area (Å²) in [6, 6.07) is 6.80. The van der Waals surface area contributed by atoms with Gasteiger partial charge in [-0.2, -0.15) is 0 Å². The number of para-hydroxylation sites is 1. The minimum absolute atomic E-state index is 0.318. The van der Waals surface area contributed by atoms with E-state index in [4.69, 9.17) is 11.6 Å². The molecule has 3 nitrogen and oxygen atoms in total. The van der Waals surface area contributed by atoms with E-state index in [1.54, 1.807) is 31.2 Å². The maximum Gasteiger partial charge on any atom is 0.256 e. The quantitative estimate of drug-likeness (QED) is 0.818. The van der Waals surface area contributed by atoms with E-state index in [9.17, 15) is 8.42 Å². The summed E-state index contributed by atoms with van der Waals surface area (Å²) in [5.41, 5.74) is 0.474. The van der Waals surface area contributed by atoms with Gasteiger partial charge in [-0.15, -0.1) is 0 Å². The molecular formula is C10H12ClNO2S. The van der Waals surface area contributed by atoms with E-state index < -0.39 is 10.0 Å². The van der Waals surface area contributed by atoms with Crippen LogP contribution >= 0.6 is 11.6 Å². The fourth-order valence-electron chi connectivity index (χ4n) is 1.23. The molecule has 15 heavy (non-hydrogen) atoms. The van der Waals surface area contributed by atoms with Gasteiger partial charge in [-0.25, -0.2) is 8.42 Å². The van der Waals surface area contributed by atoms with Crippen LogP contribution in [0.15, 0.2) is 36.3 Å². The molecule has 0 amide bonds. The van der Waals surface area contributed by atoms with Crippen LogP contribution in [-0.4, -0.2) is 15.0 Å². The molecular weight excluding hydrogens is 234 g/mol. The average Bonchev–Trinajstić information content (AvgIpc) is 2.21. The zero-order valence-electron chi connectivity index (χ0n) is 8.35. The second kappa shape index (κ2) is 4.68. The van der Waals surface area contributed by atoms with E-state index in [1.165, 1.54) is 4.31 Å². The number of anilines is 1. The van der Waals surface area contributed by atoms with Gasteiger partial charge in [0.15, 0.2) is 0 Å². The van der Waals surface area contributed by atoms with Crippen molar-refractivity contribution in [2.75, 3.05) is 10.8 Å². The van der Waals surface area contributed by atoms with E-state index in [2.05, 4.69) is 6.58 Å². The molecule has 0 aliphatic rings. The van der Waals surface area contributed by atoms with Crippen LogP contribution in [0.1, 0.15) is 6.92 Å². The zero-order valence-corrected chi connectivity index (χ0v) is 9.92. The largest absolute Gasteiger partial charge is 0.266 e. The van der Waals surface area contributed by atoms with Crippen molar-refractivity contribution in [3.05, 3.63) is 41.3 Å². The standard InChI is InChI=1S/C10H12ClNO2S/c1-3-12(15(13,14)4-2)10-8-6-5-7-9(10)11/h4-8H,2-3H2,1H3. The molecule has 0 saturated heterocycles. The van der Waals surface area contributed by atoms with Crippen molar-refractivity contribution in [1.29, 1.82) is 0 Å². The fourth-order valence-corrected chi connectivity index (χ4v) is 2.49. The molecule has 0 heterocycles. The Morgan fingerprint density at radius 1 is 1.47 bits per heavy atom. The first-order chi connectivity index (χ1) is 7.03. The monoisotopic (exact) mass is 245 g/mol. The Morgan fingerprint density at radius 2 is 2.07 bits per heavy atom. The summed E-state index contributed by atoms with van der Waals surface area (Å²) in [6.45, 7) is 5.34. The number of hydrogen-bond donors (Lipinski definition) is 0. The second-order valence-electron chi connectivity index (χ2n) is 2.83. The molecule has 0 atom stereocenters. The number of benzene rings is 1. The van der Waals surface area contributed by atoms with Crippen LogP contribution < -0.4 is 4.31 Å². The Labute approximate surface area is 95.0 Å². The molecule has 0 saturated carbocycles. The van der Waals surface area contributed by atoms with Crippen molar-refractivity contribution in [1.82, 2.24) is 0 Å². The van der Waals surface area contributed by atoms with E-state index in [1.807, 2.05) is 0 Å². The average molecular weight is 246 g/mol. The predicted octanol–water partition coefficient (Wildman–Crippen LogP) is 2.64. The maximum absolute atomic E-state index is 11.6. The van der Waals surface area contributed by atoms with Crippen LogP contribution in [0.5, 0.6) is 0 Å². The van der Waals surface area contributed by atoms with Crippen molar-refractivity contribution < 1.29 is 8.42 Å². The van der Waals surface area contributed by atoms with E-state index >= 15 is 0 Å². The predicted molar refractivity (Wildman–Crippen MR) is 63.6 cm³/mol. The molecule has 82 valence electrons. The van der Waals surface area contributed by atoms with Crippen LogP contribution in [-0.2, 0) is 10.0 Å². The van der Waals surface area contributed by atoms with E-state index in [0.717, 1.165) is 5.41 Å². The van der Waals surface area contributed by atoms with Crippen molar-refractivity contribution in [3.63, 3.8) is 0 Å². The first-order valence-electron chi connectivity index (χ1n) is 4.42. The summed E-state index contributed by atoms with van der Waals surface area (Å²) in [7, 11) is -3.47. The molecule has 1 aromatic carbocycles. The van der Waals surface area contributed by atoms with Gasteiger partial charge in [0.1, 0.15) is 0 Å². The lowest BCUT2D eigenvalue weighted by Gasteiger charge is -2.21. The Balaban J connectivity index is 3.26.